The van der Waals surface area contributed by atoms with Crippen LogP contribution in [0.5, 0.6) is 0 Å². The lowest BCUT2D eigenvalue weighted by molar-refractivity contribution is -0.122. The van der Waals surface area contributed by atoms with Crippen LogP contribution >= 0.6 is 0 Å². The van der Waals surface area contributed by atoms with E-state index in [0.717, 1.165) is 25.5 Å². The Labute approximate surface area is 84.1 Å². The molecule has 1 rings (SSSR count). The Morgan fingerprint density at radius 2 is 2.07 bits per heavy atom. The lowest BCUT2D eigenvalue weighted by atomic mass is 9.86. The molecule has 0 bridgehead atoms. The van der Waals surface area contributed by atoms with E-state index in [4.69, 9.17) is 5.73 Å². The summed E-state index contributed by atoms with van der Waals surface area (Å²) in [6, 6.07) is -0.128. The minimum Gasteiger partial charge on any atom is -0.369 e. The van der Waals surface area contributed by atoms with Gasteiger partial charge in [0.15, 0.2) is 0 Å². The van der Waals surface area contributed by atoms with Crippen LogP contribution in [0, 0.1) is 5.92 Å². The SMILES string of the molecule is CS(=O)(=O)NC1CCCC(C(N)=O)C1. The Kier molecular flexibility index (Phi) is 3.49. The molecule has 0 saturated heterocycles. The first-order chi connectivity index (χ1) is 6.38. The predicted octanol–water partition coefficient (Wildman–Crippen LogP) is -0.420. The first-order valence-electron chi connectivity index (χ1n) is 4.65. The highest BCUT2D eigenvalue weighted by Crippen LogP contribution is 2.24. The van der Waals surface area contributed by atoms with Crippen molar-refractivity contribution in [3.05, 3.63) is 0 Å². The Balaban J connectivity index is 2.52. The van der Waals surface area contributed by atoms with E-state index < -0.39 is 10.0 Å². The lowest BCUT2D eigenvalue weighted by Gasteiger charge is -2.27. The molecule has 0 spiro atoms. The number of carbonyl (C=O) groups excluding carboxylic acids is 1. The molecular weight excluding hydrogens is 204 g/mol. The maximum atomic E-state index is 10.9. The van der Waals surface area contributed by atoms with Gasteiger partial charge in [-0.05, 0) is 19.3 Å². The molecule has 1 amide bonds. The zero-order chi connectivity index (χ0) is 10.8. The van der Waals surface area contributed by atoms with Crippen molar-refractivity contribution in [2.45, 2.75) is 31.7 Å². The fourth-order valence-electron chi connectivity index (χ4n) is 1.86. The normalized spacial score (nSPS) is 28.6. The van der Waals surface area contributed by atoms with Crippen LogP contribution in [-0.4, -0.2) is 26.6 Å². The van der Waals surface area contributed by atoms with Gasteiger partial charge in [-0.3, -0.25) is 4.79 Å². The lowest BCUT2D eigenvalue weighted by Crippen LogP contribution is -2.40. The van der Waals surface area contributed by atoms with E-state index in [-0.39, 0.29) is 17.9 Å². The molecule has 0 aromatic rings. The van der Waals surface area contributed by atoms with Gasteiger partial charge in [0.2, 0.25) is 15.9 Å². The van der Waals surface area contributed by atoms with Crippen LogP contribution in [0.4, 0.5) is 0 Å². The van der Waals surface area contributed by atoms with Crippen molar-refractivity contribution < 1.29 is 13.2 Å². The highest BCUT2D eigenvalue weighted by atomic mass is 32.2. The predicted molar refractivity (Wildman–Crippen MR) is 52.9 cm³/mol. The van der Waals surface area contributed by atoms with Gasteiger partial charge < -0.3 is 5.73 Å². The number of nitrogens with one attached hydrogen (secondary N) is 1. The molecule has 2 unspecified atom stereocenters. The van der Waals surface area contributed by atoms with Crippen molar-refractivity contribution in [1.82, 2.24) is 4.72 Å². The fourth-order valence-corrected chi connectivity index (χ4v) is 2.68. The monoisotopic (exact) mass is 220 g/mol. The molecule has 1 saturated carbocycles. The summed E-state index contributed by atoms with van der Waals surface area (Å²) in [7, 11) is -3.17. The third-order valence-electron chi connectivity index (χ3n) is 2.46. The summed E-state index contributed by atoms with van der Waals surface area (Å²) < 4.78 is 24.4. The van der Waals surface area contributed by atoms with Gasteiger partial charge in [-0.2, -0.15) is 0 Å². The molecule has 82 valence electrons. The molecule has 0 radical (unpaired) electrons. The van der Waals surface area contributed by atoms with Crippen molar-refractivity contribution in [3.8, 4) is 0 Å². The van der Waals surface area contributed by atoms with Gasteiger partial charge >= 0.3 is 0 Å². The molecule has 3 N–H and O–H groups in total. The number of hydrogen-bond donors (Lipinski definition) is 2. The van der Waals surface area contributed by atoms with Crippen molar-refractivity contribution in [1.29, 1.82) is 0 Å². The van der Waals surface area contributed by atoms with Gasteiger partial charge in [0.25, 0.3) is 0 Å². The quantitative estimate of drug-likeness (QED) is 0.677. The molecular formula is C8H16N2O3S. The van der Waals surface area contributed by atoms with Crippen LogP contribution < -0.4 is 10.5 Å². The van der Waals surface area contributed by atoms with Crippen molar-refractivity contribution >= 4 is 15.9 Å². The van der Waals surface area contributed by atoms with E-state index in [9.17, 15) is 13.2 Å². The number of nitrogens with two attached hydrogens (primary N) is 1. The summed E-state index contributed by atoms with van der Waals surface area (Å²) in [6.45, 7) is 0. The molecule has 0 aliphatic heterocycles. The second-order valence-electron chi connectivity index (χ2n) is 3.85. The average molecular weight is 220 g/mol. The standard InChI is InChI=1S/C8H16N2O3S/c1-14(12,13)10-7-4-2-3-6(5-7)8(9)11/h6-7,10H,2-5H2,1H3,(H2,9,11). The summed E-state index contributed by atoms with van der Waals surface area (Å²) in [4.78, 5) is 10.9. The second kappa shape index (κ2) is 4.27. The summed E-state index contributed by atoms with van der Waals surface area (Å²) >= 11 is 0. The van der Waals surface area contributed by atoms with Crippen LogP contribution in [0.15, 0.2) is 0 Å². The third-order valence-corrected chi connectivity index (χ3v) is 3.22. The summed E-state index contributed by atoms with van der Waals surface area (Å²) in [5.74, 6) is -0.506. The molecule has 2 atom stereocenters. The zero-order valence-electron chi connectivity index (χ0n) is 8.19. The molecule has 0 aromatic heterocycles. The zero-order valence-corrected chi connectivity index (χ0v) is 9.01. The van der Waals surface area contributed by atoms with E-state index in [1.54, 1.807) is 0 Å². The topological polar surface area (TPSA) is 89.3 Å². The Bertz CT molecular complexity index is 313. The second-order valence-corrected chi connectivity index (χ2v) is 5.63. The molecule has 6 heteroatoms. The minimum absolute atomic E-state index is 0.128. The number of carbonyl (C=O) groups is 1. The molecule has 1 fully saturated rings. The fraction of sp³-hybridized carbons (Fsp3) is 0.875. The van der Waals surface area contributed by atoms with Crippen LogP contribution in [0.25, 0.3) is 0 Å². The number of primary amides is 1. The molecule has 0 aromatic carbocycles. The molecule has 1 aliphatic carbocycles. The van der Waals surface area contributed by atoms with Crippen LogP contribution in [0.2, 0.25) is 0 Å². The van der Waals surface area contributed by atoms with E-state index >= 15 is 0 Å². The smallest absolute Gasteiger partial charge is 0.220 e. The number of amides is 1. The van der Waals surface area contributed by atoms with Crippen LogP contribution in [0.1, 0.15) is 25.7 Å². The van der Waals surface area contributed by atoms with Crippen molar-refractivity contribution in [2.24, 2.45) is 11.7 Å². The highest BCUT2D eigenvalue weighted by Gasteiger charge is 2.26. The first kappa shape index (κ1) is 11.5. The van der Waals surface area contributed by atoms with Crippen LogP contribution in [0.3, 0.4) is 0 Å². The third kappa shape index (κ3) is 3.63. The molecule has 1 aliphatic rings. The minimum atomic E-state index is -3.17. The summed E-state index contributed by atoms with van der Waals surface area (Å²) in [6.07, 6.45) is 4.07. The Morgan fingerprint density at radius 1 is 1.43 bits per heavy atom. The van der Waals surface area contributed by atoms with Crippen molar-refractivity contribution in [2.75, 3.05) is 6.26 Å². The van der Waals surface area contributed by atoms with Gasteiger partial charge in [0.1, 0.15) is 0 Å². The van der Waals surface area contributed by atoms with E-state index in [1.807, 2.05) is 0 Å². The van der Waals surface area contributed by atoms with E-state index in [2.05, 4.69) is 4.72 Å². The van der Waals surface area contributed by atoms with Crippen molar-refractivity contribution in [3.63, 3.8) is 0 Å². The maximum Gasteiger partial charge on any atom is 0.220 e. The maximum absolute atomic E-state index is 10.9. The largest absolute Gasteiger partial charge is 0.369 e. The highest BCUT2D eigenvalue weighted by molar-refractivity contribution is 7.88. The van der Waals surface area contributed by atoms with Gasteiger partial charge in [0.05, 0.1) is 6.26 Å². The van der Waals surface area contributed by atoms with E-state index in [1.165, 1.54) is 0 Å². The molecule has 14 heavy (non-hydrogen) atoms. The Hall–Kier alpha value is -0.620. The van der Waals surface area contributed by atoms with E-state index in [0.29, 0.717) is 6.42 Å². The molecule has 5 nitrogen and oxygen atoms in total. The number of hydrogen-bond acceptors (Lipinski definition) is 3. The van der Waals surface area contributed by atoms with Gasteiger partial charge in [-0.25, -0.2) is 13.1 Å². The summed E-state index contributed by atoms with van der Waals surface area (Å²) in [5.41, 5.74) is 5.18. The number of sulfonamides is 1. The summed E-state index contributed by atoms with van der Waals surface area (Å²) in [5, 5.41) is 0. The van der Waals surface area contributed by atoms with Gasteiger partial charge in [-0.15, -0.1) is 0 Å². The van der Waals surface area contributed by atoms with Crippen LogP contribution in [-0.2, 0) is 14.8 Å². The number of rotatable bonds is 3. The Morgan fingerprint density at radius 3 is 2.57 bits per heavy atom. The first-order valence-corrected chi connectivity index (χ1v) is 6.54. The van der Waals surface area contributed by atoms with Gasteiger partial charge in [0, 0.05) is 12.0 Å². The average Bonchev–Trinajstić information content (AvgIpc) is 2.01. The molecule has 0 heterocycles. The van der Waals surface area contributed by atoms with Gasteiger partial charge in [-0.1, -0.05) is 6.42 Å².